The molecule has 0 aliphatic carbocycles. The lowest BCUT2D eigenvalue weighted by Crippen LogP contribution is -2.31. The highest BCUT2D eigenvalue weighted by Crippen LogP contribution is 2.51. The van der Waals surface area contributed by atoms with Gasteiger partial charge in [-0.05, 0) is 44.9 Å². The molecule has 0 saturated carbocycles. The number of aromatic hydroxyl groups is 1. The van der Waals surface area contributed by atoms with Crippen molar-refractivity contribution in [3.63, 3.8) is 0 Å². The van der Waals surface area contributed by atoms with E-state index in [0.717, 1.165) is 5.56 Å². The highest BCUT2D eigenvalue weighted by Gasteiger charge is 2.42. The lowest BCUT2D eigenvalue weighted by molar-refractivity contribution is -0.134. The molecule has 8 heteroatoms. The van der Waals surface area contributed by atoms with Crippen LogP contribution in [0.5, 0.6) is 11.5 Å². The van der Waals surface area contributed by atoms with Crippen LogP contribution in [0.1, 0.15) is 116 Å². The first-order valence-corrected chi connectivity index (χ1v) is 14.0. The summed E-state index contributed by atoms with van der Waals surface area (Å²) in [6, 6.07) is 6.65. The third-order valence-corrected chi connectivity index (χ3v) is 6.93. The Kier molecular flexibility index (Phi) is 7.95. The van der Waals surface area contributed by atoms with E-state index in [-0.39, 0.29) is 22.6 Å². The fraction of sp³-hybridized carbons (Fsp3) is 0.586. The van der Waals surface area contributed by atoms with Gasteiger partial charge in [0.05, 0.1) is 11.1 Å². The molecule has 7 nitrogen and oxygen atoms in total. The summed E-state index contributed by atoms with van der Waals surface area (Å²) >= 11 is 0. The Labute approximate surface area is 221 Å². The van der Waals surface area contributed by atoms with Crippen molar-refractivity contribution in [2.24, 2.45) is 0 Å². The molecular weight excluding hydrogens is 491 g/mol. The maximum absolute atomic E-state index is 12.1. The van der Waals surface area contributed by atoms with Gasteiger partial charge in [0.1, 0.15) is 11.5 Å². The maximum atomic E-state index is 12.1. The van der Waals surface area contributed by atoms with Crippen LogP contribution in [0.2, 0.25) is 0 Å². The van der Waals surface area contributed by atoms with Gasteiger partial charge in [0.15, 0.2) is 0 Å². The van der Waals surface area contributed by atoms with E-state index in [4.69, 9.17) is 4.52 Å². The molecular formula is C29H45O7P. The van der Waals surface area contributed by atoms with Crippen molar-refractivity contribution in [1.29, 1.82) is 0 Å². The average Bonchev–Trinajstić information content (AvgIpc) is 2.62. The van der Waals surface area contributed by atoms with Crippen molar-refractivity contribution < 1.29 is 34.2 Å². The van der Waals surface area contributed by atoms with Gasteiger partial charge in [-0.1, -0.05) is 95.2 Å². The third-order valence-electron chi connectivity index (χ3n) is 6.51. The van der Waals surface area contributed by atoms with Crippen LogP contribution in [0.15, 0.2) is 24.3 Å². The number of phosphoric acid groups is 1. The molecule has 208 valence electrons. The highest BCUT2D eigenvalue weighted by molar-refractivity contribution is 7.46. The zero-order valence-electron chi connectivity index (χ0n) is 24.3. The fourth-order valence-corrected chi connectivity index (χ4v) is 4.58. The number of phenols is 1. The van der Waals surface area contributed by atoms with E-state index in [1.807, 2.05) is 89.2 Å². The molecule has 2 aromatic carbocycles. The zero-order valence-corrected chi connectivity index (χ0v) is 25.2. The van der Waals surface area contributed by atoms with E-state index >= 15 is 0 Å². The maximum Gasteiger partial charge on any atom is 0.524 e. The largest absolute Gasteiger partial charge is 0.524 e. The zero-order chi connectivity index (χ0) is 29.2. The monoisotopic (exact) mass is 536 g/mol. The highest BCUT2D eigenvalue weighted by atomic mass is 31.2. The average molecular weight is 537 g/mol. The van der Waals surface area contributed by atoms with Crippen molar-refractivity contribution in [3.05, 3.63) is 57.6 Å². The first-order chi connectivity index (χ1) is 16.2. The van der Waals surface area contributed by atoms with Crippen molar-refractivity contribution in [1.82, 2.24) is 0 Å². The van der Waals surface area contributed by atoms with Crippen LogP contribution in [0.3, 0.4) is 0 Å². The Balaban J connectivity index is 3.15. The van der Waals surface area contributed by atoms with Crippen LogP contribution in [0.4, 0.5) is 0 Å². The summed E-state index contributed by atoms with van der Waals surface area (Å²) in [5.41, 5.74) is -0.117. The van der Waals surface area contributed by atoms with Crippen molar-refractivity contribution in [3.8, 4) is 11.5 Å². The van der Waals surface area contributed by atoms with Gasteiger partial charge in [-0.25, -0.2) is 4.57 Å². The number of hydrogen-bond acceptors (Lipinski definition) is 5. The molecule has 0 atom stereocenters. The minimum atomic E-state index is -5.10. The molecule has 0 bridgehead atoms. The van der Waals surface area contributed by atoms with Crippen LogP contribution in [0, 0.1) is 0 Å². The number of hydrogen-bond donors (Lipinski definition) is 5. The molecule has 0 aliphatic heterocycles. The predicted octanol–water partition coefficient (Wildman–Crippen LogP) is 6.24. The summed E-state index contributed by atoms with van der Waals surface area (Å²) in [5.74, 6) is -3.47. The van der Waals surface area contributed by atoms with Gasteiger partial charge in [-0.3, -0.25) is 9.79 Å². The molecule has 0 aliphatic rings. The molecule has 0 amide bonds. The molecule has 0 radical (unpaired) electrons. The second-order valence-electron chi connectivity index (χ2n) is 14.1. The van der Waals surface area contributed by atoms with Crippen molar-refractivity contribution in [2.45, 2.75) is 111 Å². The van der Waals surface area contributed by atoms with Gasteiger partial charge in [0, 0.05) is 11.1 Å². The van der Waals surface area contributed by atoms with Crippen LogP contribution in [-0.4, -0.2) is 25.1 Å². The van der Waals surface area contributed by atoms with Crippen molar-refractivity contribution >= 4 is 7.82 Å². The predicted molar refractivity (Wildman–Crippen MR) is 147 cm³/mol. The SMILES string of the molecule is CC(C)(C)c1cc(C(C)(C)C)c(O)c(C(O)(O)c2cc(C(C)(C)C)cc(C(C)(C)C)c2OP(=O)(O)O)c1. The minimum absolute atomic E-state index is 0.189. The van der Waals surface area contributed by atoms with E-state index in [9.17, 15) is 29.7 Å². The number of aliphatic hydroxyl groups is 2. The number of rotatable bonds is 4. The second-order valence-corrected chi connectivity index (χ2v) is 15.2. The molecule has 0 heterocycles. The van der Waals surface area contributed by atoms with Gasteiger partial charge in [-0.15, -0.1) is 0 Å². The Morgan fingerprint density at radius 3 is 1.30 bits per heavy atom. The van der Waals surface area contributed by atoms with E-state index < -0.39 is 35.3 Å². The molecule has 0 saturated heterocycles. The van der Waals surface area contributed by atoms with E-state index in [1.165, 1.54) is 12.1 Å². The van der Waals surface area contributed by atoms with Gasteiger partial charge in [-0.2, -0.15) is 0 Å². The molecule has 2 rings (SSSR count). The topological polar surface area (TPSA) is 127 Å². The Bertz CT molecular complexity index is 1210. The molecule has 0 unspecified atom stereocenters. The molecule has 2 aromatic rings. The minimum Gasteiger partial charge on any atom is -0.507 e. The standard InChI is InChI=1S/C29H45O7P/c1-25(2,3)17-13-19(27(7,8)9)23(30)20(14-17)29(31,32)22-16-18(26(4,5)6)15-21(28(10,11)12)24(22)36-37(33,34)35/h13-16,30-32H,1-12H3,(H2,33,34,35). The third kappa shape index (κ3) is 6.96. The van der Waals surface area contributed by atoms with E-state index in [0.29, 0.717) is 16.7 Å². The fourth-order valence-electron chi connectivity index (χ4n) is 4.15. The summed E-state index contributed by atoms with van der Waals surface area (Å²) in [6.45, 7) is 23.1. The van der Waals surface area contributed by atoms with Crippen LogP contribution < -0.4 is 4.52 Å². The first kappa shape index (κ1) is 31.3. The molecule has 0 aromatic heterocycles. The molecule has 37 heavy (non-hydrogen) atoms. The number of benzene rings is 2. The summed E-state index contributed by atoms with van der Waals surface area (Å²) in [6.07, 6.45) is 0. The van der Waals surface area contributed by atoms with Gasteiger partial charge < -0.3 is 19.8 Å². The lowest BCUT2D eigenvalue weighted by Gasteiger charge is -2.35. The number of phosphoric ester groups is 1. The van der Waals surface area contributed by atoms with Crippen LogP contribution in [0.25, 0.3) is 0 Å². The van der Waals surface area contributed by atoms with Crippen molar-refractivity contribution in [2.75, 3.05) is 0 Å². The summed E-state index contributed by atoms with van der Waals surface area (Å²) in [7, 11) is -5.10. The summed E-state index contributed by atoms with van der Waals surface area (Å²) in [5, 5.41) is 35.1. The molecule has 5 N–H and O–H groups in total. The Morgan fingerprint density at radius 1 is 0.595 bits per heavy atom. The van der Waals surface area contributed by atoms with Gasteiger partial charge in [0.25, 0.3) is 0 Å². The molecule has 0 fully saturated rings. The molecule has 0 spiro atoms. The van der Waals surface area contributed by atoms with Crippen LogP contribution in [-0.2, 0) is 32.0 Å². The van der Waals surface area contributed by atoms with E-state index in [2.05, 4.69) is 0 Å². The van der Waals surface area contributed by atoms with Gasteiger partial charge in [0.2, 0.25) is 5.79 Å². The lowest BCUT2D eigenvalue weighted by atomic mass is 9.75. The van der Waals surface area contributed by atoms with Gasteiger partial charge >= 0.3 is 7.82 Å². The van der Waals surface area contributed by atoms with Crippen LogP contribution >= 0.6 is 7.82 Å². The summed E-state index contributed by atoms with van der Waals surface area (Å²) in [4.78, 5) is 19.6. The quantitative estimate of drug-likeness (QED) is 0.231. The Morgan fingerprint density at radius 2 is 0.946 bits per heavy atom. The Hall–Kier alpha value is -1.89. The normalized spacial score (nSPS) is 14.2. The first-order valence-electron chi connectivity index (χ1n) is 12.4. The van der Waals surface area contributed by atoms with E-state index in [1.54, 1.807) is 6.07 Å². The number of phenolic OH excluding ortho intramolecular Hbond substituents is 1. The smallest absolute Gasteiger partial charge is 0.507 e. The summed E-state index contributed by atoms with van der Waals surface area (Å²) < 4.78 is 17.2. The second kappa shape index (κ2) is 9.39.